The molecular weight excluding hydrogens is 220 g/mol. The Morgan fingerprint density at radius 1 is 0.944 bits per heavy atom. The first-order chi connectivity index (χ1) is 8.85. The van der Waals surface area contributed by atoms with Gasteiger partial charge in [0.15, 0.2) is 0 Å². The predicted octanol–water partition coefficient (Wildman–Crippen LogP) is 5.89. The average molecular weight is 254 g/mol. The lowest BCUT2D eigenvalue weighted by Gasteiger charge is -2.09. The minimum Gasteiger partial charge on any atom is -0.381 e. The van der Waals surface area contributed by atoms with Crippen molar-refractivity contribution < 1.29 is 4.74 Å². The molecule has 0 saturated carbocycles. The summed E-state index contributed by atoms with van der Waals surface area (Å²) in [5.41, 5.74) is 1.68. The Balaban J connectivity index is 0.000000601. The van der Waals surface area contributed by atoms with Crippen LogP contribution in [-0.4, -0.2) is 13.2 Å². The first-order valence-corrected chi connectivity index (χ1v) is 8.10. The molecule has 1 saturated heterocycles. The molecule has 0 aliphatic carbocycles. The molecule has 1 heteroatoms. The van der Waals surface area contributed by atoms with Crippen molar-refractivity contribution in [2.24, 2.45) is 0 Å². The van der Waals surface area contributed by atoms with Gasteiger partial charge >= 0.3 is 0 Å². The van der Waals surface area contributed by atoms with Gasteiger partial charge in [0.1, 0.15) is 0 Å². The van der Waals surface area contributed by atoms with Crippen LogP contribution >= 0.6 is 0 Å². The Hall–Kier alpha value is -0.300. The summed E-state index contributed by atoms with van der Waals surface area (Å²) in [4.78, 5) is 0. The minimum absolute atomic E-state index is 1.00. The first kappa shape index (κ1) is 17.7. The monoisotopic (exact) mass is 254 g/mol. The summed E-state index contributed by atoms with van der Waals surface area (Å²) in [5.74, 6) is 0. The van der Waals surface area contributed by atoms with E-state index in [1.807, 2.05) is 0 Å². The highest BCUT2D eigenvalue weighted by molar-refractivity contribution is 5.00. The van der Waals surface area contributed by atoms with Gasteiger partial charge in [-0.1, -0.05) is 58.1 Å². The SMILES string of the molecule is C1COC1.CCCCCCC=C(CC)CCCC. The summed E-state index contributed by atoms with van der Waals surface area (Å²) in [7, 11) is 0. The maximum absolute atomic E-state index is 4.72. The first-order valence-electron chi connectivity index (χ1n) is 8.10. The molecule has 0 atom stereocenters. The lowest BCUT2D eigenvalue weighted by atomic mass is 10.0. The number of hydrogen-bond donors (Lipinski definition) is 0. The standard InChI is InChI=1S/C14H28.C3H6O/c1-4-7-9-10-11-13-14(6-3)12-8-5-2;1-2-4-3-1/h13H,4-12H2,1-3H3;1-3H2. The van der Waals surface area contributed by atoms with Gasteiger partial charge in [-0.3, -0.25) is 0 Å². The van der Waals surface area contributed by atoms with Crippen LogP contribution in [0.5, 0.6) is 0 Å². The third-order valence-corrected chi connectivity index (χ3v) is 3.37. The largest absolute Gasteiger partial charge is 0.381 e. The van der Waals surface area contributed by atoms with Gasteiger partial charge in [-0.25, -0.2) is 0 Å². The summed E-state index contributed by atoms with van der Waals surface area (Å²) in [6, 6.07) is 0. The second-order valence-corrected chi connectivity index (χ2v) is 5.13. The van der Waals surface area contributed by atoms with Gasteiger partial charge in [-0.05, 0) is 38.5 Å². The van der Waals surface area contributed by atoms with Crippen molar-refractivity contribution in [3.05, 3.63) is 11.6 Å². The molecule has 1 nitrogen and oxygen atoms in total. The van der Waals surface area contributed by atoms with E-state index >= 15 is 0 Å². The summed E-state index contributed by atoms with van der Waals surface area (Å²) < 4.78 is 4.72. The Morgan fingerprint density at radius 2 is 1.56 bits per heavy atom. The van der Waals surface area contributed by atoms with Crippen LogP contribution in [0.4, 0.5) is 0 Å². The second kappa shape index (κ2) is 14.8. The van der Waals surface area contributed by atoms with E-state index in [-0.39, 0.29) is 0 Å². The average Bonchev–Trinajstić information content (AvgIpc) is 2.30. The van der Waals surface area contributed by atoms with Crippen molar-refractivity contribution in [2.75, 3.05) is 13.2 Å². The Labute approximate surface area is 115 Å². The van der Waals surface area contributed by atoms with Crippen molar-refractivity contribution in [3.8, 4) is 0 Å². The van der Waals surface area contributed by atoms with Gasteiger partial charge in [0, 0.05) is 13.2 Å². The van der Waals surface area contributed by atoms with E-state index in [2.05, 4.69) is 26.8 Å². The van der Waals surface area contributed by atoms with E-state index < -0.39 is 0 Å². The molecule has 108 valence electrons. The Morgan fingerprint density at radius 3 is 2.00 bits per heavy atom. The van der Waals surface area contributed by atoms with E-state index in [9.17, 15) is 0 Å². The molecule has 0 aromatic carbocycles. The van der Waals surface area contributed by atoms with Gasteiger partial charge in [0.05, 0.1) is 0 Å². The predicted molar refractivity (Wildman–Crippen MR) is 82.1 cm³/mol. The van der Waals surface area contributed by atoms with Crippen LogP contribution in [0.15, 0.2) is 11.6 Å². The highest BCUT2D eigenvalue weighted by Gasteiger charge is 1.94. The number of allylic oxidation sites excluding steroid dienone is 2. The zero-order valence-corrected chi connectivity index (χ0v) is 13.0. The summed E-state index contributed by atoms with van der Waals surface area (Å²) >= 11 is 0. The molecule has 1 rings (SSSR count). The van der Waals surface area contributed by atoms with E-state index in [0.717, 1.165) is 13.2 Å². The molecule has 0 aromatic rings. The van der Waals surface area contributed by atoms with E-state index in [0.29, 0.717) is 0 Å². The van der Waals surface area contributed by atoms with Gasteiger partial charge in [-0.15, -0.1) is 0 Å². The van der Waals surface area contributed by atoms with Crippen LogP contribution in [-0.2, 0) is 4.74 Å². The topological polar surface area (TPSA) is 9.23 Å². The minimum atomic E-state index is 1.00. The summed E-state index contributed by atoms with van der Waals surface area (Å²) in [6.45, 7) is 8.83. The Bertz CT molecular complexity index is 176. The summed E-state index contributed by atoms with van der Waals surface area (Å²) in [6.07, 6.45) is 15.9. The third-order valence-electron chi connectivity index (χ3n) is 3.37. The van der Waals surface area contributed by atoms with Crippen LogP contribution in [0.3, 0.4) is 0 Å². The molecule has 1 heterocycles. The zero-order valence-electron chi connectivity index (χ0n) is 13.0. The molecule has 0 bridgehead atoms. The normalized spacial score (nSPS) is 14.7. The number of unbranched alkanes of at least 4 members (excludes halogenated alkanes) is 5. The highest BCUT2D eigenvalue weighted by atomic mass is 16.5. The maximum atomic E-state index is 4.72. The lowest BCUT2D eigenvalue weighted by Crippen LogP contribution is -2.09. The molecule has 0 aromatic heterocycles. The lowest BCUT2D eigenvalue weighted by molar-refractivity contribution is 0.0367. The molecule has 1 fully saturated rings. The molecule has 1 aliphatic heterocycles. The number of rotatable bonds is 9. The van der Waals surface area contributed by atoms with Crippen molar-refractivity contribution in [1.82, 2.24) is 0 Å². The van der Waals surface area contributed by atoms with Gasteiger partial charge in [0.2, 0.25) is 0 Å². The molecule has 0 radical (unpaired) electrons. The van der Waals surface area contributed by atoms with E-state index in [1.165, 1.54) is 64.2 Å². The summed E-state index contributed by atoms with van der Waals surface area (Å²) in [5, 5.41) is 0. The fourth-order valence-corrected chi connectivity index (χ4v) is 1.85. The molecule has 18 heavy (non-hydrogen) atoms. The van der Waals surface area contributed by atoms with Crippen molar-refractivity contribution >= 4 is 0 Å². The van der Waals surface area contributed by atoms with Crippen LogP contribution in [0.1, 0.15) is 85.0 Å². The number of ether oxygens (including phenoxy) is 1. The Kier molecular flexibility index (Phi) is 14.5. The van der Waals surface area contributed by atoms with Gasteiger partial charge in [0.25, 0.3) is 0 Å². The van der Waals surface area contributed by atoms with Crippen LogP contribution in [0.2, 0.25) is 0 Å². The van der Waals surface area contributed by atoms with E-state index in [4.69, 9.17) is 4.74 Å². The van der Waals surface area contributed by atoms with E-state index in [1.54, 1.807) is 5.57 Å². The van der Waals surface area contributed by atoms with Crippen LogP contribution in [0.25, 0.3) is 0 Å². The molecule has 0 spiro atoms. The fraction of sp³-hybridized carbons (Fsp3) is 0.882. The smallest absolute Gasteiger partial charge is 0.0488 e. The molecule has 0 unspecified atom stereocenters. The van der Waals surface area contributed by atoms with Crippen LogP contribution < -0.4 is 0 Å². The quantitative estimate of drug-likeness (QED) is 0.368. The molecule has 0 N–H and O–H groups in total. The molecule has 0 amide bonds. The molecular formula is C17H34O. The molecule has 1 aliphatic rings. The van der Waals surface area contributed by atoms with Gasteiger partial charge in [-0.2, -0.15) is 0 Å². The maximum Gasteiger partial charge on any atom is 0.0488 e. The third kappa shape index (κ3) is 12.2. The van der Waals surface area contributed by atoms with Crippen molar-refractivity contribution in [2.45, 2.75) is 85.0 Å². The van der Waals surface area contributed by atoms with Crippen molar-refractivity contribution in [1.29, 1.82) is 0 Å². The fourth-order valence-electron chi connectivity index (χ4n) is 1.85. The second-order valence-electron chi connectivity index (χ2n) is 5.13. The van der Waals surface area contributed by atoms with Crippen molar-refractivity contribution in [3.63, 3.8) is 0 Å². The van der Waals surface area contributed by atoms with Crippen LogP contribution in [0, 0.1) is 0 Å². The zero-order chi connectivity index (χ0) is 13.5. The highest BCUT2D eigenvalue weighted by Crippen LogP contribution is 2.13. The van der Waals surface area contributed by atoms with Gasteiger partial charge < -0.3 is 4.74 Å². The number of hydrogen-bond acceptors (Lipinski definition) is 1.